The molecule has 0 aliphatic heterocycles. The molecule has 0 saturated heterocycles. The van der Waals surface area contributed by atoms with Gasteiger partial charge in [0.2, 0.25) is 0 Å². The zero-order chi connectivity index (χ0) is 11.0. The van der Waals surface area contributed by atoms with Crippen LogP contribution in [0.2, 0.25) is 10.0 Å². The summed E-state index contributed by atoms with van der Waals surface area (Å²) in [4.78, 5) is 0. The predicted octanol–water partition coefficient (Wildman–Crippen LogP) is 3.37. The summed E-state index contributed by atoms with van der Waals surface area (Å²) >= 11 is 13.9. The van der Waals surface area contributed by atoms with Crippen LogP contribution in [0.5, 0.6) is 0 Å². The highest BCUT2D eigenvalue weighted by atomic mass is 127. The van der Waals surface area contributed by atoms with Crippen molar-refractivity contribution >= 4 is 51.5 Å². The van der Waals surface area contributed by atoms with Crippen molar-refractivity contribution in [2.45, 2.75) is 0 Å². The first-order valence-electron chi connectivity index (χ1n) is 4.03. The topological polar surface area (TPSA) is 43.8 Å². The molecule has 6 heteroatoms. The number of hydrogen-bond donors (Lipinski definition) is 1. The number of anilines is 1. The lowest BCUT2D eigenvalue weighted by Gasteiger charge is -2.07. The Morgan fingerprint density at radius 3 is 2.53 bits per heavy atom. The highest BCUT2D eigenvalue weighted by Crippen LogP contribution is 2.29. The van der Waals surface area contributed by atoms with Gasteiger partial charge in [-0.25, -0.2) is 4.68 Å². The zero-order valence-electron chi connectivity index (χ0n) is 7.42. The van der Waals surface area contributed by atoms with Gasteiger partial charge in [-0.2, -0.15) is 5.10 Å². The van der Waals surface area contributed by atoms with Crippen LogP contribution in [-0.2, 0) is 0 Å². The molecular formula is C9H6Cl2IN3. The molecule has 0 fully saturated rings. The third kappa shape index (κ3) is 2.21. The molecule has 1 aromatic carbocycles. The van der Waals surface area contributed by atoms with Crippen molar-refractivity contribution in [2.24, 2.45) is 0 Å². The standard InChI is InChI=1S/C9H6Cl2IN3/c10-6-1-8(13)9(2-7(6)11)15-4-5(12)3-14-15/h1-4H,13H2. The normalized spacial score (nSPS) is 10.6. The lowest BCUT2D eigenvalue weighted by atomic mass is 10.3. The number of aromatic nitrogens is 2. The maximum Gasteiger partial charge on any atom is 0.0891 e. The minimum absolute atomic E-state index is 0.444. The van der Waals surface area contributed by atoms with E-state index in [0.29, 0.717) is 15.7 Å². The van der Waals surface area contributed by atoms with E-state index in [9.17, 15) is 0 Å². The number of nitrogen functional groups attached to an aromatic ring is 1. The predicted molar refractivity (Wildman–Crippen MR) is 70.7 cm³/mol. The minimum atomic E-state index is 0.444. The summed E-state index contributed by atoms with van der Waals surface area (Å²) in [6.07, 6.45) is 3.60. The Bertz CT molecular complexity index is 510. The first kappa shape index (κ1) is 11.0. The molecule has 2 aromatic rings. The van der Waals surface area contributed by atoms with Crippen LogP contribution in [0.1, 0.15) is 0 Å². The Labute approximate surface area is 110 Å². The molecule has 0 bridgehead atoms. The summed E-state index contributed by atoms with van der Waals surface area (Å²) in [5.74, 6) is 0. The van der Waals surface area contributed by atoms with E-state index in [-0.39, 0.29) is 0 Å². The Hall–Kier alpha value is -0.460. The molecule has 0 spiro atoms. The van der Waals surface area contributed by atoms with E-state index in [1.165, 1.54) is 0 Å². The summed E-state index contributed by atoms with van der Waals surface area (Å²) in [6.45, 7) is 0. The van der Waals surface area contributed by atoms with Gasteiger partial charge < -0.3 is 5.73 Å². The molecule has 0 radical (unpaired) electrons. The second-order valence-corrected chi connectivity index (χ2v) is 4.99. The molecule has 0 unspecified atom stereocenters. The number of nitrogens with two attached hydrogens (primary N) is 1. The summed E-state index contributed by atoms with van der Waals surface area (Å²) in [6, 6.07) is 3.32. The van der Waals surface area contributed by atoms with Gasteiger partial charge in [0.1, 0.15) is 0 Å². The van der Waals surface area contributed by atoms with Crippen molar-refractivity contribution < 1.29 is 0 Å². The van der Waals surface area contributed by atoms with E-state index in [0.717, 1.165) is 9.26 Å². The second kappa shape index (κ2) is 4.19. The molecule has 1 aromatic heterocycles. The summed E-state index contributed by atoms with van der Waals surface area (Å²) in [5, 5.41) is 5.05. The fraction of sp³-hybridized carbons (Fsp3) is 0. The fourth-order valence-electron chi connectivity index (χ4n) is 1.18. The molecule has 15 heavy (non-hydrogen) atoms. The first-order chi connectivity index (χ1) is 7.08. The average molecular weight is 354 g/mol. The summed E-state index contributed by atoms with van der Waals surface area (Å²) < 4.78 is 2.69. The lowest BCUT2D eigenvalue weighted by Crippen LogP contribution is -2.00. The van der Waals surface area contributed by atoms with E-state index < -0.39 is 0 Å². The van der Waals surface area contributed by atoms with Crippen LogP contribution < -0.4 is 5.73 Å². The first-order valence-corrected chi connectivity index (χ1v) is 5.86. The Kier molecular flexibility index (Phi) is 3.08. The van der Waals surface area contributed by atoms with Crippen LogP contribution in [0, 0.1) is 3.57 Å². The molecule has 2 N–H and O–H groups in total. The molecule has 78 valence electrons. The van der Waals surface area contributed by atoms with Crippen LogP contribution in [0.4, 0.5) is 5.69 Å². The Morgan fingerprint density at radius 1 is 1.27 bits per heavy atom. The summed E-state index contributed by atoms with van der Waals surface area (Å²) in [5.41, 5.74) is 7.10. The van der Waals surface area contributed by atoms with Crippen LogP contribution in [-0.4, -0.2) is 9.78 Å². The van der Waals surface area contributed by atoms with Gasteiger partial charge in [0.25, 0.3) is 0 Å². The van der Waals surface area contributed by atoms with Crippen molar-refractivity contribution in [3.8, 4) is 5.69 Å². The highest BCUT2D eigenvalue weighted by molar-refractivity contribution is 14.1. The lowest BCUT2D eigenvalue weighted by molar-refractivity contribution is 0.883. The molecule has 0 amide bonds. The second-order valence-electron chi connectivity index (χ2n) is 2.93. The van der Waals surface area contributed by atoms with Crippen molar-refractivity contribution in [2.75, 3.05) is 5.73 Å². The van der Waals surface area contributed by atoms with Gasteiger partial charge in [-0.15, -0.1) is 0 Å². The van der Waals surface area contributed by atoms with E-state index in [4.69, 9.17) is 28.9 Å². The molecule has 2 rings (SSSR count). The van der Waals surface area contributed by atoms with E-state index in [2.05, 4.69) is 27.7 Å². The third-order valence-corrected chi connectivity index (χ3v) is 3.15. The average Bonchev–Trinajstić information content (AvgIpc) is 2.58. The van der Waals surface area contributed by atoms with Crippen molar-refractivity contribution in [3.63, 3.8) is 0 Å². The monoisotopic (exact) mass is 353 g/mol. The number of hydrogen-bond acceptors (Lipinski definition) is 2. The number of rotatable bonds is 1. The number of halogens is 3. The zero-order valence-corrected chi connectivity index (χ0v) is 11.1. The van der Waals surface area contributed by atoms with E-state index >= 15 is 0 Å². The van der Waals surface area contributed by atoms with Crippen molar-refractivity contribution in [1.29, 1.82) is 0 Å². The van der Waals surface area contributed by atoms with Gasteiger partial charge in [0.15, 0.2) is 0 Å². The number of nitrogens with zero attached hydrogens (tertiary/aromatic N) is 2. The van der Waals surface area contributed by atoms with Crippen LogP contribution in [0.3, 0.4) is 0 Å². The van der Waals surface area contributed by atoms with Crippen LogP contribution in [0.25, 0.3) is 5.69 Å². The molecule has 1 heterocycles. The fourth-order valence-corrected chi connectivity index (χ4v) is 1.90. The van der Waals surface area contributed by atoms with Crippen LogP contribution >= 0.6 is 45.8 Å². The molecule has 0 aliphatic carbocycles. The molecular weight excluding hydrogens is 348 g/mol. The summed E-state index contributed by atoms with van der Waals surface area (Å²) in [7, 11) is 0. The Morgan fingerprint density at radius 2 is 1.93 bits per heavy atom. The van der Waals surface area contributed by atoms with Gasteiger partial charge >= 0.3 is 0 Å². The van der Waals surface area contributed by atoms with Gasteiger partial charge in [-0.1, -0.05) is 23.2 Å². The molecule has 0 saturated carbocycles. The maximum absolute atomic E-state index is 5.91. The molecule has 0 atom stereocenters. The van der Waals surface area contributed by atoms with Gasteiger partial charge in [0, 0.05) is 6.20 Å². The quantitative estimate of drug-likeness (QED) is 0.631. The van der Waals surface area contributed by atoms with E-state index in [1.807, 2.05) is 6.20 Å². The van der Waals surface area contributed by atoms with E-state index in [1.54, 1.807) is 23.0 Å². The Balaban J connectivity index is 2.58. The van der Waals surface area contributed by atoms with Gasteiger partial charge in [0.05, 0.1) is 31.2 Å². The van der Waals surface area contributed by atoms with Crippen molar-refractivity contribution in [1.82, 2.24) is 9.78 Å². The highest BCUT2D eigenvalue weighted by Gasteiger charge is 2.07. The van der Waals surface area contributed by atoms with Crippen LogP contribution in [0.15, 0.2) is 24.5 Å². The van der Waals surface area contributed by atoms with Gasteiger partial charge in [-0.05, 0) is 34.7 Å². The number of benzene rings is 1. The maximum atomic E-state index is 5.91. The minimum Gasteiger partial charge on any atom is -0.397 e. The molecule has 0 aliphatic rings. The largest absolute Gasteiger partial charge is 0.397 e. The third-order valence-electron chi connectivity index (χ3n) is 1.87. The smallest absolute Gasteiger partial charge is 0.0891 e. The van der Waals surface area contributed by atoms with Gasteiger partial charge in [-0.3, -0.25) is 0 Å². The van der Waals surface area contributed by atoms with Crippen molar-refractivity contribution in [3.05, 3.63) is 38.1 Å². The SMILES string of the molecule is Nc1cc(Cl)c(Cl)cc1-n1cc(I)cn1. The molecule has 3 nitrogen and oxygen atoms in total.